The summed E-state index contributed by atoms with van der Waals surface area (Å²) in [6, 6.07) is 3.30. The van der Waals surface area contributed by atoms with Gasteiger partial charge in [0.1, 0.15) is 12.1 Å². The zero-order chi connectivity index (χ0) is 11.4. The molecule has 0 aliphatic rings. The minimum Gasteiger partial charge on any atom is -0.475 e. The highest BCUT2D eigenvalue weighted by atomic mass is 16.4. The molecule has 6 heteroatoms. The van der Waals surface area contributed by atoms with Crippen molar-refractivity contribution in [1.29, 1.82) is 0 Å². The molecule has 0 radical (unpaired) electrons. The number of aromatic nitrogens is 2. The lowest BCUT2D eigenvalue weighted by Crippen LogP contribution is -2.05. The van der Waals surface area contributed by atoms with Crippen LogP contribution in [0.15, 0.2) is 35.3 Å². The quantitative estimate of drug-likeness (QED) is 0.807. The standard InChI is InChI=1S/C10H9N3O3/c14-10(15)9-7(2-4-16-9)5-12-8-1-3-11-6-13-8/h1-4,6H,5H2,(H,14,15)(H,11,12,13). The zero-order valence-electron chi connectivity index (χ0n) is 8.25. The monoisotopic (exact) mass is 219 g/mol. The summed E-state index contributed by atoms with van der Waals surface area (Å²) < 4.78 is 4.84. The lowest BCUT2D eigenvalue weighted by Gasteiger charge is -2.03. The Morgan fingerprint density at radius 1 is 1.50 bits per heavy atom. The maximum Gasteiger partial charge on any atom is 0.372 e. The molecule has 0 spiro atoms. The zero-order valence-corrected chi connectivity index (χ0v) is 8.25. The first-order valence-electron chi connectivity index (χ1n) is 4.57. The number of carboxylic acids is 1. The summed E-state index contributed by atoms with van der Waals surface area (Å²) in [7, 11) is 0. The van der Waals surface area contributed by atoms with Crippen molar-refractivity contribution in [3.05, 3.63) is 42.2 Å². The van der Waals surface area contributed by atoms with E-state index in [1.807, 2.05) is 0 Å². The Kier molecular flexibility index (Phi) is 2.81. The van der Waals surface area contributed by atoms with Gasteiger partial charge in [-0.3, -0.25) is 0 Å². The number of hydrogen-bond acceptors (Lipinski definition) is 5. The van der Waals surface area contributed by atoms with Crippen LogP contribution in [0, 0.1) is 0 Å². The van der Waals surface area contributed by atoms with Crippen molar-refractivity contribution in [1.82, 2.24) is 9.97 Å². The van der Waals surface area contributed by atoms with Crippen LogP contribution in [0.3, 0.4) is 0 Å². The summed E-state index contributed by atoms with van der Waals surface area (Å²) in [6.07, 6.45) is 4.36. The third-order valence-corrected chi connectivity index (χ3v) is 1.98. The largest absolute Gasteiger partial charge is 0.475 e. The van der Waals surface area contributed by atoms with Crippen molar-refractivity contribution in [3.8, 4) is 0 Å². The molecule has 0 saturated carbocycles. The van der Waals surface area contributed by atoms with Crippen molar-refractivity contribution < 1.29 is 14.3 Å². The maximum atomic E-state index is 10.7. The molecule has 2 aromatic rings. The van der Waals surface area contributed by atoms with Crippen LogP contribution in [0.5, 0.6) is 0 Å². The molecular weight excluding hydrogens is 210 g/mol. The van der Waals surface area contributed by atoms with Gasteiger partial charge in [-0.25, -0.2) is 14.8 Å². The number of furan rings is 1. The summed E-state index contributed by atoms with van der Waals surface area (Å²) in [5.41, 5.74) is 0.575. The lowest BCUT2D eigenvalue weighted by molar-refractivity contribution is 0.0661. The number of carboxylic acid groups (broad SMARTS) is 1. The van der Waals surface area contributed by atoms with Gasteiger partial charge in [-0.2, -0.15) is 0 Å². The highest BCUT2D eigenvalue weighted by Gasteiger charge is 2.13. The van der Waals surface area contributed by atoms with E-state index < -0.39 is 5.97 Å². The Morgan fingerprint density at radius 3 is 3.06 bits per heavy atom. The molecular formula is C10H9N3O3. The van der Waals surface area contributed by atoms with Crippen molar-refractivity contribution in [2.24, 2.45) is 0 Å². The first-order valence-corrected chi connectivity index (χ1v) is 4.57. The van der Waals surface area contributed by atoms with E-state index in [-0.39, 0.29) is 5.76 Å². The van der Waals surface area contributed by atoms with E-state index in [1.165, 1.54) is 12.6 Å². The van der Waals surface area contributed by atoms with E-state index >= 15 is 0 Å². The fourth-order valence-corrected chi connectivity index (χ4v) is 1.24. The smallest absolute Gasteiger partial charge is 0.372 e. The summed E-state index contributed by atoms with van der Waals surface area (Å²) in [4.78, 5) is 18.5. The summed E-state index contributed by atoms with van der Waals surface area (Å²) >= 11 is 0. The van der Waals surface area contributed by atoms with Gasteiger partial charge in [0, 0.05) is 18.3 Å². The van der Waals surface area contributed by atoms with Crippen LogP contribution in [0.25, 0.3) is 0 Å². The molecule has 0 amide bonds. The maximum absolute atomic E-state index is 10.7. The van der Waals surface area contributed by atoms with Crippen LogP contribution in [0.2, 0.25) is 0 Å². The van der Waals surface area contributed by atoms with Crippen LogP contribution in [-0.4, -0.2) is 21.0 Å². The van der Waals surface area contributed by atoms with Gasteiger partial charge < -0.3 is 14.8 Å². The molecule has 0 unspecified atom stereocenters. The normalized spacial score (nSPS) is 10.0. The van der Waals surface area contributed by atoms with Gasteiger partial charge in [0.15, 0.2) is 0 Å². The second-order valence-electron chi connectivity index (χ2n) is 3.03. The SMILES string of the molecule is O=C(O)c1occc1CNc1ccncn1. The average Bonchev–Trinajstić information content (AvgIpc) is 2.76. The van der Waals surface area contributed by atoms with E-state index in [9.17, 15) is 4.79 Å². The number of nitrogens with zero attached hydrogens (tertiary/aromatic N) is 2. The first-order chi connectivity index (χ1) is 7.77. The second kappa shape index (κ2) is 4.43. The number of nitrogens with one attached hydrogen (secondary N) is 1. The van der Waals surface area contributed by atoms with Gasteiger partial charge in [0.05, 0.1) is 6.26 Å². The van der Waals surface area contributed by atoms with Gasteiger partial charge in [0.25, 0.3) is 0 Å². The summed E-state index contributed by atoms with van der Waals surface area (Å²) in [6.45, 7) is 0.342. The van der Waals surface area contributed by atoms with Crippen LogP contribution in [0.4, 0.5) is 5.82 Å². The van der Waals surface area contributed by atoms with Gasteiger partial charge in [-0.1, -0.05) is 0 Å². The topological polar surface area (TPSA) is 88.2 Å². The van der Waals surface area contributed by atoms with Crippen molar-refractivity contribution in [2.75, 3.05) is 5.32 Å². The summed E-state index contributed by atoms with van der Waals surface area (Å²) in [5, 5.41) is 11.8. The molecule has 2 N–H and O–H groups in total. The Labute approximate surface area is 91.0 Å². The van der Waals surface area contributed by atoms with Crippen LogP contribution >= 0.6 is 0 Å². The Hall–Kier alpha value is -2.37. The predicted octanol–water partition coefficient (Wildman–Crippen LogP) is 1.38. The molecule has 0 atom stereocenters. The van der Waals surface area contributed by atoms with E-state index in [2.05, 4.69) is 15.3 Å². The predicted molar refractivity (Wildman–Crippen MR) is 55.0 cm³/mol. The molecule has 0 aromatic carbocycles. The molecule has 0 bridgehead atoms. The van der Waals surface area contributed by atoms with Crippen LogP contribution in [0.1, 0.15) is 16.1 Å². The summed E-state index contributed by atoms with van der Waals surface area (Å²) in [5.74, 6) is -0.501. The van der Waals surface area contributed by atoms with E-state index in [1.54, 1.807) is 18.3 Å². The number of anilines is 1. The number of rotatable bonds is 4. The van der Waals surface area contributed by atoms with Gasteiger partial charge in [-0.05, 0) is 12.1 Å². The molecule has 2 rings (SSSR count). The van der Waals surface area contributed by atoms with Gasteiger partial charge in [0.2, 0.25) is 5.76 Å². The fourth-order valence-electron chi connectivity index (χ4n) is 1.24. The third-order valence-electron chi connectivity index (χ3n) is 1.98. The van der Waals surface area contributed by atoms with Crippen molar-refractivity contribution >= 4 is 11.8 Å². The molecule has 0 aliphatic heterocycles. The molecule has 16 heavy (non-hydrogen) atoms. The first kappa shape index (κ1) is 10.2. The number of hydrogen-bond donors (Lipinski definition) is 2. The van der Waals surface area contributed by atoms with Crippen LogP contribution in [-0.2, 0) is 6.54 Å². The molecule has 0 fully saturated rings. The minimum absolute atomic E-state index is 0.0541. The van der Waals surface area contributed by atoms with E-state index in [0.29, 0.717) is 17.9 Å². The lowest BCUT2D eigenvalue weighted by atomic mass is 10.2. The highest BCUT2D eigenvalue weighted by molar-refractivity contribution is 5.86. The number of aromatic carboxylic acids is 1. The molecule has 82 valence electrons. The molecule has 6 nitrogen and oxygen atoms in total. The molecule has 2 aromatic heterocycles. The van der Waals surface area contributed by atoms with E-state index in [4.69, 9.17) is 9.52 Å². The van der Waals surface area contributed by atoms with Gasteiger partial charge in [-0.15, -0.1) is 0 Å². The van der Waals surface area contributed by atoms with Crippen molar-refractivity contribution in [3.63, 3.8) is 0 Å². The minimum atomic E-state index is -1.08. The Balaban J connectivity index is 2.05. The van der Waals surface area contributed by atoms with Crippen LogP contribution < -0.4 is 5.32 Å². The Morgan fingerprint density at radius 2 is 2.38 bits per heavy atom. The van der Waals surface area contributed by atoms with E-state index in [0.717, 1.165) is 0 Å². The number of carbonyl (C=O) groups is 1. The molecule has 2 heterocycles. The van der Waals surface area contributed by atoms with Gasteiger partial charge >= 0.3 is 5.97 Å². The van der Waals surface area contributed by atoms with Crippen molar-refractivity contribution in [2.45, 2.75) is 6.54 Å². The fraction of sp³-hybridized carbons (Fsp3) is 0.100. The average molecular weight is 219 g/mol. The third kappa shape index (κ3) is 2.17. The molecule has 0 aliphatic carbocycles. The Bertz CT molecular complexity index is 481. The molecule has 0 saturated heterocycles. The highest BCUT2D eigenvalue weighted by Crippen LogP contribution is 2.12. The second-order valence-corrected chi connectivity index (χ2v) is 3.03.